The average molecular weight is 527 g/mol. The van der Waals surface area contributed by atoms with Crippen molar-refractivity contribution >= 4 is 0 Å². The molecule has 1 aliphatic rings. The molecule has 0 spiro atoms. The Labute approximate surface area is 228 Å². The van der Waals surface area contributed by atoms with Crippen molar-refractivity contribution in [2.24, 2.45) is 5.92 Å². The predicted molar refractivity (Wildman–Crippen MR) is 143 cm³/mol. The number of nitrogens with zero attached hydrogens (tertiary/aromatic N) is 2. The maximum Gasteiger partial charge on any atom is 0.231 e. The lowest BCUT2D eigenvalue weighted by Gasteiger charge is -2.35. The summed E-state index contributed by atoms with van der Waals surface area (Å²) in [6.07, 6.45) is 9.82. The van der Waals surface area contributed by atoms with Gasteiger partial charge in [0.05, 0.1) is 33.5 Å². The first-order valence-corrected chi connectivity index (χ1v) is 13.6. The standard InChI is InChI=1S/C31H43N2O3.ClH/c1-25-16-18-26(19-17-25)24-35-21-20-33(2,3)23-29-22-32-30(36-29)31(34,28-14-10-7-11-15-28)27-12-8-5-4-6-9-13-27;/h7,10-11,14-19,22,27,34H,4-6,8-9,12-13,20-21,23-24H2,1-3H3;1H/q+1;/p-1. The van der Waals surface area contributed by atoms with Crippen LogP contribution < -0.4 is 12.4 Å². The predicted octanol–water partition coefficient (Wildman–Crippen LogP) is 3.38. The molecule has 1 N–H and O–H groups in total. The number of aromatic nitrogens is 1. The van der Waals surface area contributed by atoms with Gasteiger partial charge < -0.3 is 31.2 Å². The van der Waals surface area contributed by atoms with Crippen molar-refractivity contribution in [2.75, 3.05) is 27.2 Å². The molecule has 37 heavy (non-hydrogen) atoms. The minimum Gasteiger partial charge on any atom is -1.00 e. The Morgan fingerprint density at radius 1 is 0.973 bits per heavy atom. The molecule has 0 aliphatic heterocycles. The zero-order valence-corrected chi connectivity index (χ0v) is 23.4. The normalized spacial score (nSPS) is 16.9. The number of halogens is 1. The van der Waals surface area contributed by atoms with Crippen molar-refractivity contribution in [3.63, 3.8) is 0 Å². The van der Waals surface area contributed by atoms with E-state index in [1.54, 1.807) is 6.20 Å². The van der Waals surface area contributed by atoms with Crippen molar-refractivity contribution < 1.29 is 31.2 Å². The fraction of sp³-hybridized carbons (Fsp3) is 0.516. The molecule has 0 amide bonds. The van der Waals surface area contributed by atoms with Gasteiger partial charge >= 0.3 is 0 Å². The summed E-state index contributed by atoms with van der Waals surface area (Å²) in [5, 5.41) is 12.2. The summed E-state index contributed by atoms with van der Waals surface area (Å²) >= 11 is 0. The number of hydrogen-bond donors (Lipinski definition) is 1. The van der Waals surface area contributed by atoms with Gasteiger partial charge in [0.15, 0.2) is 11.4 Å². The number of aliphatic hydroxyl groups is 1. The highest BCUT2D eigenvalue weighted by Crippen LogP contribution is 2.42. The summed E-state index contributed by atoms with van der Waals surface area (Å²) in [6.45, 7) is 4.93. The lowest BCUT2D eigenvalue weighted by Crippen LogP contribution is -3.00. The van der Waals surface area contributed by atoms with E-state index in [2.05, 4.69) is 50.3 Å². The van der Waals surface area contributed by atoms with Crippen molar-refractivity contribution in [2.45, 2.75) is 70.6 Å². The quantitative estimate of drug-likeness (QED) is 0.325. The van der Waals surface area contributed by atoms with Crippen LogP contribution in [0.3, 0.4) is 0 Å². The van der Waals surface area contributed by atoms with Gasteiger partial charge in [-0.1, -0.05) is 92.3 Å². The van der Waals surface area contributed by atoms with Crippen LogP contribution in [0, 0.1) is 12.8 Å². The van der Waals surface area contributed by atoms with Gasteiger partial charge in [-0.05, 0) is 30.9 Å². The zero-order chi connectivity index (χ0) is 25.4. The maximum absolute atomic E-state index is 12.2. The van der Waals surface area contributed by atoms with Gasteiger partial charge in [0, 0.05) is 5.92 Å². The smallest absolute Gasteiger partial charge is 0.231 e. The summed E-state index contributed by atoms with van der Waals surface area (Å²) in [5.41, 5.74) is 2.13. The third kappa shape index (κ3) is 7.90. The van der Waals surface area contributed by atoms with Gasteiger partial charge in [0.2, 0.25) is 5.89 Å². The van der Waals surface area contributed by atoms with Crippen LogP contribution in [0.5, 0.6) is 0 Å². The summed E-state index contributed by atoms with van der Waals surface area (Å²) in [7, 11) is 4.35. The van der Waals surface area contributed by atoms with Crippen LogP contribution in [0.4, 0.5) is 0 Å². The van der Waals surface area contributed by atoms with Gasteiger partial charge in [0.25, 0.3) is 0 Å². The Hall–Kier alpha value is -2.18. The van der Waals surface area contributed by atoms with E-state index in [0.29, 0.717) is 25.6 Å². The molecule has 3 aromatic rings. The fourth-order valence-corrected chi connectivity index (χ4v) is 5.34. The Morgan fingerprint density at radius 2 is 1.62 bits per heavy atom. The second-order valence-corrected chi connectivity index (χ2v) is 11.2. The topological polar surface area (TPSA) is 55.5 Å². The molecule has 6 heteroatoms. The van der Waals surface area contributed by atoms with E-state index in [4.69, 9.17) is 9.15 Å². The van der Waals surface area contributed by atoms with Gasteiger partial charge in [0.1, 0.15) is 13.1 Å². The minimum absolute atomic E-state index is 0. The number of oxazole rings is 1. The van der Waals surface area contributed by atoms with Crippen LogP contribution >= 0.6 is 0 Å². The highest BCUT2D eigenvalue weighted by atomic mass is 35.5. The third-order valence-electron chi connectivity index (χ3n) is 7.60. The second kappa shape index (κ2) is 13.6. The first-order chi connectivity index (χ1) is 17.4. The molecular formula is C31H43ClN2O3. The van der Waals surface area contributed by atoms with E-state index in [-0.39, 0.29) is 18.3 Å². The highest BCUT2D eigenvalue weighted by molar-refractivity contribution is 5.30. The van der Waals surface area contributed by atoms with Crippen molar-refractivity contribution in [1.82, 2.24) is 4.98 Å². The Balaban J connectivity index is 0.00000380. The van der Waals surface area contributed by atoms with Crippen LogP contribution in [0.25, 0.3) is 0 Å². The summed E-state index contributed by atoms with van der Waals surface area (Å²) in [6, 6.07) is 18.5. The first-order valence-electron chi connectivity index (χ1n) is 13.6. The van der Waals surface area contributed by atoms with Crippen LogP contribution in [0.15, 0.2) is 65.2 Å². The van der Waals surface area contributed by atoms with E-state index in [9.17, 15) is 5.11 Å². The van der Waals surface area contributed by atoms with Crippen molar-refractivity contribution in [3.8, 4) is 0 Å². The van der Waals surface area contributed by atoms with E-state index < -0.39 is 5.60 Å². The minimum atomic E-state index is -1.20. The molecule has 0 saturated heterocycles. The summed E-state index contributed by atoms with van der Waals surface area (Å²) in [5.74, 6) is 1.34. The second-order valence-electron chi connectivity index (χ2n) is 11.2. The zero-order valence-electron chi connectivity index (χ0n) is 22.7. The SMILES string of the molecule is Cc1ccc(COCC[N+](C)(C)Cc2cnc(C(O)(c3ccccc3)C3CCCCCCC3)o2)cc1.[Cl-]. The molecule has 202 valence electrons. The molecule has 1 saturated carbocycles. The number of benzene rings is 2. The van der Waals surface area contributed by atoms with Crippen molar-refractivity contribution in [1.29, 1.82) is 0 Å². The number of hydrogen-bond acceptors (Lipinski definition) is 4. The number of ether oxygens (including phenoxy) is 1. The van der Waals surface area contributed by atoms with E-state index >= 15 is 0 Å². The Kier molecular flexibility index (Phi) is 10.8. The molecule has 1 fully saturated rings. The Bertz CT molecular complexity index is 1060. The molecule has 0 bridgehead atoms. The molecule has 2 aromatic carbocycles. The van der Waals surface area contributed by atoms with E-state index in [0.717, 1.165) is 48.0 Å². The van der Waals surface area contributed by atoms with Crippen LogP contribution in [0.1, 0.15) is 73.3 Å². The molecule has 5 nitrogen and oxygen atoms in total. The molecule has 1 unspecified atom stereocenters. The molecule has 0 radical (unpaired) electrons. The van der Waals surface area contributed by atoms with Crippen LogP contribution in [0.2, 0.25) is 0 Å². The summed E-state index contributed by atoms with van der Waals surface area (Å²) in [4.78, 5) is 4.66. The lowest BCUT2D eigenvalue weighted by atomic mass is 9.74. The molecule has 1 atom stereocenters. The van der Waals surface area contributed by atoms with Crippen LogP contribution in [-0.2, 0) is 23.5 Å². The molecule has 1 aromatic heterocycles. The molecule has 1 aliphatic carbocycles. The maximum atomic E-state index is 12.2. The van der Waals surface area contributed by atoms with Gasteiger partial charge in [-0.2, -0.15) is 0 Å². The molecular weight excluding hydrogens is 484 g/mol. The third-order valence-corrected chi connectivity index (χ3v) is 7.60. The van der Waals surface area contributed by atoms with E-state index in [1.165, 1.54) is 30.4 Å². The van der Waals surface area contributed by atoms with E-state index in [1.807, 2.05) is 30.3 Å². The van der Waals surface area contributed by atoms with Crippen LogP contribution in [-0.4, -0.2) is 41.8 Å². The Morgan fingerprint density at radius 3 is 2.30 bits per heavy atom. The van der Waals surface area contributed by atoms with Gasteiger partial charge in [-0.15, -0.1) is 0 Å². The molecule has 1 heterocycles. The number of rotatable bonds is 10. The number of likely N-dealkylation sites (N-methyl/N-ethyl adjacent to an activating group) is 1. The number of quaternary nitrogens is 1. The molecule has 4 rings (SSSR count). The van der Waals surface area contributed by atoms with Gasteiger partial charge in [-0.3, -0.25) is 0 Å². The first kappa shape index (κ1) is 29.4. The fourth-order valence-electron chi connectivity index (χ4n) is 5.34. The lowest BCUT2D eigenvalue weighted by molar-refractivity contribution is -0.905. The largest absolute Gasteiger partial charge is 1.00 e. The van der Waals surface area contributed by atoms with Gasteiger partial charge in [-0.25, -0.2) is 4.98 Å². The van der Waals surface area contributed by atoms with Crippen molar-refractivity contribution in [3.05, 3.63) is 89.1 Å². The monoisotopic (exact) mass is 526 g/mol. The average Bonchev–Trinajstić information content (AvgIpc) is 3.31. The highest BCUT2D eigenvalue weighted by Gasteiger charge is 2.44. The number of aryl methyl sites for hydroxylation is 1. The summed E-state index contributed by atoms with van der Waals surface area (Å²) < 4.78 is 13.0.